The fraction of sp³-hybridized carbons (Fsp3) is 0.480. The lowest BCUT2D eigenvalue weighted by Crippen LogP contribution is -2.52. The van der Waals surface area contributed by atoms with Crippen LogP contribution in [0.5, 0.6) is 0 Å². The van der Waals surface area contributed by atoms with Crippen LogP contribution < -0.4 is 0 Å². The number of rotatable bonds is 5. The molecule has 1 saturated carbocycles. The van der Waals surface area contributed by atoms with E-state index in [9.17, 15) is 25.2 Å². The zero-order valence-corrected chi connectivity index (χ0v) is 17.7. The van der Waals surface area contributed by atoms with Crippen LogP contribution >= 0.6 is 0 Å². The van der Waals surface area contributed by atoms with Gasteiger partial charge in [-0.3, -0.25) is 4.79 Å². The van der Waals surface area contributed by atoms with Gasteiger partial charge in [-0.1, -0.05) is 55.3 Å². The number of carbonyl (C=O) groups excluding carboxylic acids is 1. The molecule has 6 heteroatoms. The fourth-order valence-electron chi connectivity index (χ4n) is 4.72. The predicted molar refractivity (Wildman–Crippen MR) is 115 cm³/mol. The van der Waals surface area contributed by atoms with Crippen molar-refractivity contribution in [1.82, 2.24) is 0 Å². The smallest absolute Gasteiger partial charge is 0.195 e. The highest BCUT2D eigenvalue weighted by Gasteiger charge is 2.43. The summed E-state index contributed by atoms with van der Waals surface area (Å²) in [5.74, 6) is -0.706. The second-order valence-electron chi connectivity index (χ2n) is 8.86. The molecule has 2 aromatic rings. The predicted octanol–water partition coefficient (Wildman–Crippen LogP) is 2.07. The van der Waals surface area contributed by atoms with E-state index in [-0.39, 0.29) is 0 Å². The minimum Gasteiger partial charge on any atom is -0.393 e. The molecule has 31 heavy (non-hydrogen) atoms. The van der Waals surface area contributed by atoms with E-state index in [4.69, 9.17) is 4.74 Å². The van der Waals surface area contributed by atoms with Gasteiger partial charge in [-0.15, -0.1) is 0 Å². The molecule has 2 aromatic carbocycles. The third-order valence-electron chi connectivity index (χ3n) is 6.74. The van der Waals surface area contributed by atoms with Crippen LogP contribution in [0.3, 0.4) is 0 Å². The average molecular weight is 427 g/mol. The van der Waals surface area contributed by atoms with E-state index in [2.05, 4.69) is 0 Å². The van der Waals surface area contributed by atoms with Gasteiger partial charge in [-0.25, -0.2) is 0 Å². The summed E-state index contributed by atoms with van der Waals surface area (Å²) in [6, 6.07) is 13.7. The zero-order chi connectivity index (χ0) is 22.2. The molecule has 0 amide bonds. The minimum absolute atomic E-state index is 0.545. The Morgan fingerprint density at radius 1 is 1.06 bits per heavy atom. The van der Waals surface area contributed by atoms with Crippen molar-refractivity contribution in [3.8, 4) is 0 Å². The molecule has 0 aromatic heterocycles. The standard InChI is InChI=1S/C25H30O6/c1-15-4-7-17(24-23(29)22(28)21(27)20(14-26)31-24)13-18(15)12-16-5-8-19(9-6-16)25(30)10-2-3-11-25/h4-9,13,20,22-24,26,28-30H,2-3,10-12,14H2,1H3/t20-,22+,23-,24+/m1/s1. The molecule has 4 N–H and O–H groups in total. The van der Waals surface area contributed by atoms with Gasteiger partial charge in [0.2, 0.25) is 0 Å². The van der Waals surface area contributed by atoms with Crippen LogP contribution in [0.2, 0.25) is 0 Å². The monoisotopic (exact) mass is 426 g/mol. The van der Waals surface area contributed by atoms with E-state index in [1.807, 2.05) is 49.4 Å². The van der Waals surface area contributed by atoms with Crippen LogP contribution in [-0.4, -0.2) is 51.1 Å². The number of benzene rings is 2. The number of hydrogen-bond donors (Lipinski definition) is 4. The number of aliphatic hydroxyl groups is 4. The summed E-state index contributed by atoms with van der Waals surface area (Å²) in [5.41, 5.74) is 4.11. The quantitative estimate of drug-likeness (QED) is 0.583. The van der Waals surface area contributed by atoms with Crippen molar-refractivity contribution in [1.29, 1.82) is 0 Å². The number of Topliss-reactive ketones (excluding diaryl/α,β-unsaturated/α-hetero) is 1. The Balaban J connectivity index is 1.55. The average Bonchev–Trinajstić information content (AvgIpc) is 3.22. The Kier molecular flexibility index (Phi) is 6.28. The van der Waals surface area contributed by atoms with E-state index in [1.54, 1.807) is 0 Å². The van der Waals surface area contributed by atoms with Gasteiger partial charge < -0.3 is 25.2 Å². The van der Waals surface area contributed by atoms with Gasteiger partial charge in [0.1, 0.15) is 24.4 Å². The normalized spacial score (nSPS) is 28.1. The molecule has 2 fully saturated rings. The third-order valence-corrected chi connectivity index (χ3v) is 6.74. The zero-order valence-electron chi connectivity index (χ0n) is 17.7. The van der Waals surface area contributed by atoms with Gasteiger partial charge in [0.05, 0.1) is 12.2 Å². The van der Waals surface area contributed by atoms with Gasteiger partial charge in [-0.2, -0.15) is 0 Å². The topological polar surface area (TPSA) is 107 Å². The first-order valence-corrected chi connectivity index (χ1v) is 10.9. The van der Waals surface area contributed by atoms with Crippen molar-refractivity contribution in [2.75, 3.05) is 6.61 Å². The highest BCUT2D eigenvalue weighted by Crippen LogP contribution is 2.38. The molecular weight excluding hydrogens is 396 g/mol. The Labute approximate surface area is 182 Å². The summed E-state index contributed by atoms with van der Waals surface area (Å²) in [7, 11) is 0. The summed E-state index contributed by atoms with van der Waals surface area (Å²) < 4.78 is 5.61. The maximum Gasteiger partial charge on any atom is 0.195 e. The van der Waals surface area contributed by atoms with Crippen LogP contribution in [0.25, 0.3) is 0 Å². The number of aryl methyl sites for hydroxylation is 1. The Morgan fingerprint density at radius 3 is 2.39 bits per heavy atom. The lowest BCUT2D eigenvalue weighted by atomic mass is 9.88. The SMILES string of the molecule is Cc1ccc([C@@H]2O[C@H](CO)C(=O)[C@H](O)[C@H]2O)cc1Cc1ccc(C2(O)CCCC2)cc1. The largest absolute Gasteiger partial charge is 0.393 e. The van der Waals surface area contributed by atoms with Crippen molar-refractivity contribution in [2.24, 2.45) is 0 Å². The van der Waals surface area contributed by atoms with E-state index >= 15 is 0 Å². The molecule has 0 unspecified atom stereocenters. The van der Waals surface area contributed by atoms with Gasteiger partial charge >= 0.3 is 0 Å². The summed E-state index contributed by atoms with van der Waals surface area (Å²) >= 11 is 0. The van der Waals surface area contributed by atoms with E-state index in [0.29, 0.717) is 12.0 Å². The molecule has 1 heterocycles. The first-order valence-electron chi connectivity index (χ1n) is 10.9. The van der Waals surface area contributed by atoms with Crippen LogP contribution in [0.1, 0.15) is 59.6 Å². The first kappa shape index (κ1) is 22.1. The molecule has 4 atom stereocenters. The van der Waals surface area contributed by atoms with Gasteiger partial charge in [0, 0.05) is 0 Å². The highest BCUT2D eigenvalue weighted by molar-refractivity contribution is 5.88. The summed E-state index contributed by atoms with van der Waals surface area (Å²) in [4.78, 5) is 11.9. The molecule has 0 radical (unpaired) electrons. The van der Waals surface area contributed by atoms with Crippen molar-refractivity contribution in [3.05, 3.63) is 70.3 Å². The first-order chi connectivity index (χ1) is 14.8. The van der Waals surface area contributed by atoms with E-state index in [1.165, 1.54) is 0 Å². The van der Waals surface area contributed by atoms with Crippen molar-refractivity contribution < 1.29 is 30.0 Å². The maximum atomic E-state index is 11.9. The Morgan fingerprint density at radius 2 is 1.74 bits per heavy atom. The molecule has 0 bridgehead atoms. The summed E-state index contributed by atoms with van der Waals surface area (Å²) in [6.07, 6.45) is -0.655. The maximum absolute atomic E-state index is 11.9. The molecule has 1 aliphatic heterocycles. The molecule has 1 aliphatic carbocycles. The number of ketones is 1. The Bertz CT molecular complexity index is 928. The highest BCUT2D eigenvalue weighted by atomic mass is 16.5. The molecule has 6 nitrogen and oxygen atoms in total. The Hall–Kier alpha value is -2.09. The molecule has 4 rings (SSSR count). The van der Waals surface area contributed by atoms with Gasteiger partial charge in [0.25, 0.3) is 0 Å². The number of carbonyl (C=O) groups is 1. The van der Waals surface area contributed by atoms with Crippen molar-refractivity contribution in [2.45, 2.75) is 69.0 Å². The lowest BCUT2D eigenvalue weighted by molar-refractivity contribution is -0.188. The minimum atomic E-state index is -1.59. The fourth-order valence-corrected chi connectivity index (χ4v) is 4.72. The third kappa shape index (κ3) is 4.31. The van der Waals surface area contributed by atoms with Crippen molar-refractivity contribution >= 4 is 5.78 Å². The van der Waals surface area contributed by atoms with E-state index < -0.39 is 42.4 Å². The number of hydrogen-bond acceptors (Lipinski definition) is 6. The summed E-state index contributed by atoms with van der Waals surface area (Å²) in [5, 5.41) is 40.6. The number of ether oxygens (including phenoxy) is 1. The second-order valence-corrected chi connectivity index (χ2v) is 8.86. The van der Waals surface area contributed by atoms with Crippen LogP contribution in [0.4, 0.5) is 0 Å². The van der Waals surface area contributed by atoms with Gasteiger partial charge in [-0.05, 0) is 54.0 Å². The molecule has 1 saturated heterocycles. The molecule has 166 valence electrons. The molecule has 0 spiro atoms. The van der Waals surface area contributed by atoms with Crippen LogP contribution in [0, 0.1) is 6.92 Å². The van der Waals surface area contributed by atoms with Crippen molar-refractivity contribution in [3.63, 3.8) is 0 Å². The number of aliphatic hydroxyl groups excluding tert-OH is 3. The summed E-state index contributed by atoms with van der Waals surface area (Å²) in [6.45, 7) is 1.46. The van der Waals surface area contributed by atoms with E-state index in [0.717, 1.165) is 47.9 Å². The lowest BCUT2D eigenvalue weighted by Gasteiger charge is -2.35. The molecular formula is C25H30O6. The second kappa shape index (κ2) is 8.81. The van der Waals surface area contributed by atoms with Crippen LogP contribution in [0.15, 0.2) is 42.5 Å². The van der Waals surface area contributed by atoms with Crippen LogP contribution in [-0.2, 0) is 21.6 Å². The molecule has 2 aliphatic rings. The van der Waals surface area contributed by atoms with Gasteiger partial charge in [0.15, 0.2) is 5.78 Å².